The van der Waals surface area contributed by atoms with Gasteiger partial charge in [-0.3, -0.25) is 0 Å². The van der Waals surface area contributed by atoms with Crippen LogP contribution in [0.4, 0.5) is 0 Å². The first kappa shape index (κ1) is 13.2. The van der Waals surface area contributed by atoms with Gasteiger partial charge in [0, 0.05) is 0 Å². The quantitative estimate of drug-likeness (QED) is 0.618. The minimum absolute atomic E-state index is 0.733. The van der Waals surface area contributed by atoms with Crippen LogP contribution in [0.5, 0.6) is 0 Å². The third kappa shape index (κ3) is 2.86. The summed E-state index contributed by atoms with van der Waals surface area (Å²) >= 11 is 6.71. The molecule has 0 N–H and O–H groups in total. The van der Waals surface area contributed by atoms with Crippen LogP contribution in [-0.2, 0) is 0 Å². The van der Waals surface area contributed by atoms with E-state index in [2.05, 4.69) is 44.0 Å². The highest BCUT2D eigenvalue weighted by Gasteiger charge is 2.23. The van der Waals surface area contributed by atoms with Gasteiger partial charge >= 0.3 is 0 Å². The second-order valence-corrected chi connectivity index (χ2v) is 7.46. The zero-order valence-electron chi connectivity index (χ0n) is 9.72. The smallest absolute Gasteiger partial charge is 0.169 e. The van der Waals surface area contributed by atoms with Crippen LogP contribution in [0.3, 0.4) is 0 Å². The van der Waals surface area contributed by atoms with Gasteiger partial charge < -0.3 is 8.83 Å². The zero-order chi connectivity index (χ0) is 13.2. The molecule has 0 fully saturated rings. The maximum absolute atomic E-state index is 5.73. The predicted octanol–water partition coefficient (Wildman–Crippen LogP) is 4.16. The molecule has 0 bridgehead atoms. The van der Waals surface area contributed by atoms with Crippen molar-refractivity contribution in [3.63, 3.8) is 0 Å². The van der Waals surface area contributed by atoms with Crippen LogP contribution in [0.15, 0.2) is 72.8 Å². The van der Waals surface area contributed by atoms with E-state index >= 15 is 0 Å². The molecule has 0 saturated carbocycles. The van der Waals surface area contributed by atoms with Gasteiger partial charge in [0.1, 0.15) is 11.0 Å². The molecule has 0 amide bonds. The van der Waals surface area contributed by atoms with Crippen molar-refractivity contribution >= 4 is 56.1 Å². The molecule has 0 saturated heterocycles. The number of halogens is 2. The summed E-state index contributed by atoms with van der Waals surface area (Å²) in [7, 11) is -0.798. The van der Waals surface area contributed by atoms with Crippen molar-refractivity contribution < 1.29 is 8.83 Å². The fourth-order valence-corrected chi connectivity index (χ4v) is 4.68. The molecular formula is C14H9Br2O2P. The summed E-state index contributed by atoms with van der Waals surface area (Å²) in [5.41, 5.74) is 1.82. The summed E-state index contributed by atoms with van der Waals surface area (Å²) in [5.74, 6) is 0. The Balaban J connectivity index is 2.11. The molecule has 0 unspecified atom stereocenters. The molecule has 2 nitrogen and oxygen atoms in total. The van der Waals surface area contributed by atoms with Crippen molar-refractivity contribution in [1.82, 2.24) is 0 Å². The van der Waals surface area contributed by atoms with E-state index in [1.165, 1.54) is 5.30 Å². The lowest BCUT2D eigenvalue weighted by Gasteiger charge is -2.12. The van der Waals surface area contributed by atoms with Crippen molar-refractivity contribution in [2.45, 2.75) is 0 Å². The molecule has 3 rings (SSSR count). The molecule has 3 aromatic rings. The molecule has 0 aliphatic carbocycles. The maximum Gasteiger partial charge on any atom is 0.169 e. The van der Waals surface area contributed by atoms with Crippen LogP contribution in [0.1, 0.15) is 0 Å². The first-order chi connectivity index (χ1) is 9.24. The SMILES string of the molecule is Brc1ccc(P(c2ccccc2)c2ccc(Br)o2)o1. The van der Waals surface area contributed by atoms with Crippen molar-refractivity contribution in [3.8, 4) is 0 Å². The number of hydrogen-bond acceptors (Lipinski definition) is 2. The van der Waals surface area contributed by atoms with E-state index in [9.17, 15) is 0 Å². The Morgan fingerprint density at radius 1 is 0.684 bits per heavy atom. The third-order valence-electron chi connectivity index (χ3n) is 2.57. The van der Waals surface area contributed by atoms with Gasteiger partial charge in [0.2, 0.25) is 0 Å². The standard InChI is InChI=1S/C14H9Br2O2P/c15-11-6-8-13(17-11)19(10-4-2-1-3-5-10)14-9-7-12(16)18-14/h1-9H. The van der Waals surface area contributed by atoms with Crippen LogP contribution >= 0.6 is 39.8 Å². The molecule has 96 valence electrons. The second kappa shape index (κ2) is 5.66. The highest BCUT2D eigenvalue weighted by molar-refractivity contribution is 9.10. The highest BCUT2D eigenvalue weighted by Crippen LogP contribution is 2.35. The topological polar surface area (TPSA) is 26.3 Å². The minimum Gasteiger partial charge on any atom is -0.449 e. The Morgan fingerprint density at radius 3 is 1.63 bits per heavy atom. The summed E-state index contributed by atoms with van der Waals surface area (Å²) in [4.78, 5) is 0. The lowest BCUT2D eigenvalue weighted by atomic mass is 10.4. The summed E-state index contributed by atoms with van der Waals surface area (Å²) < 4.78 is 12.9. The lowest BCUT2D eigenvalue weighted by Crippen LogP contribution is -2.18. The summed E-state index contributed by atoms with van der Waals surface area (Å²) in [6.07, 6.45) is 0. The van der Waals surface area contributed by atoms with Crippen LogP contribution in [0.25, 0.3) is 0 Å². The van der Waals surface area contributed by atoms with Crippen molar-refractivity contribution in [2.75, 3.05) is 0 Å². The van der Waals surface area contributed by atoms with Gasteiger partial charge in [0.25, 0.3) is 0 Å². The van der Waals surface area contributed by atoms with Crippen LogP contribution in [-0.4, -0.2) is 0 Å². The first-order valence-electron chi connectivity index (χ1n) is 5.60. The van der Waals surface area contributed by atoms with Gasteiger partial charge in [-0.2, -0.15) is 0 Å². The van der Waals surface area contributed by atoms with E-state index in [0.717, 1.165) is 20.3 Å². The van der Waals surface area contributed by atoms with Gasteiger partial charge in [-0.05, 0) is 61.4 Å². The zero-order valence-corrected chi connectivity index (χ0v) is 13.8. The summed E-state index contributed by atoms with van der Waals surface area (Å²) in [5, 5.41) is 1.20. The monoisotopic (exact) mass is 398 g/mol. The van der Waals surface area contributed by atoms with E-state index in [0.29, 0.717) is 0 Å². The van der Waals surface area contributed by atoms with Crippen LogP contribution < -0.4 is 16.3 Å². The minimum atomic E-state index is -0.798. The van der Waals surface area contributed by atoms with E-state index in [-0.39, 0.29) is 0 Å². The molecule has 0 atom stereocenters. The molecule has 0 aliphatic heterocycles. The number of benzene rings is 1. The molecule has 0 spiro atoms. The highest BCUT2D eigenvalue weighted by atomic mass is 79.9. The van der Waals surface area contributed by atoms with E-state index < -0.39 is 7.92 Å². The van der Waals surface area contributed by atoms with Gasteiger partial charge in [-0.25, -0.2) is 0 Å². The van der Waals surface area contributed by atoms with E-state index in [1.807, 2.05) is 42.5 Å². The van der Waals surface area contributed by atoms with Gasteiger partial charge in [0.15, 0.2) is 9.34 Å². The van der Waals surface area contributed by atoms with Gasteiger partial charge in [-0.15, -0.1) is 0 Å². The van der Waals surface area contributed by atoms with Gasteiger partial charge in [0.05, 0.1) is 7.92 Å². The molecule has 0 aliphatic rings. The summed E-state index contributed by atoms with van der Waals surface area (Å²) in [6, 6.07) is 18.0. The normalized spacial score (nSPS) is 11.1. The van der Waals surface area contributed by atoms with Crippen molar-refractivity contribution in [1.29, 1.82) is 0 Å². The molecule has 0 radical (unpaired) electrons. The molecule has 2 aromatic heterocycles. The Kier molecular flexibility index (Phi) is 3.92. The first-order valence-corrected chi connectivity index (χ1v) is 8.52. The average molecular weight is 400 g/mol. The molecular weight excluding hydrogens is 391 g/mol. The molecule has 5 heteroatoms. The fourth-order valence-electron chi connectivity index (χ4n) is 1.79. The Bertz CT molecular complexity index is 635. The Labute approximate surface area is 128 Å². The third-order valence-corrected chi connectivity index (χ3v) is 5.60. The molecule has 2 heterocycles. The van der Waals surface area contributed by atoms with Crippen molar-refractivity contribution in [3.05, 3.63) is 63.9 Å². The van der Waals surface area contributed by atoms with Crippen molar-refractivity contribution in [2.24, 2.45) is 0 Å². The number of rotatable bonds is 3. The predicted molar refractivity (Wildman–Crippen MR) is 85.1 cm³/mol. The van der Waals surface area contributed by atoms with Crippen LogP contribution in [0, 0.1) is 0 Å². The lowest BCUT2D eigenvalue weighted by molar-refractivity contribution is 0.566. The molecule has 19 heavy (non-hydrogen) atoms. The van der Waals surface area contributed by atoms with Crippen LogP contribution in [0.2, 0.25) is 0 Å². The summed E-state index contributed by atoms with van der Waals surface area (Å²) in [6.45, 7) is 0. The number of hydrogen-bond donors (Lipinski definition) is 0. The average Bonchev–Trinajstić information content (AvgIpc) is 3.01. The Hall–Kier alpha value is -0.830. The Morgan fingerprint density at radius 2 is 1.21 bits per heavy atom. The maximum atomic E-state index is 5.73. The largest absolute Gasteiger partial charge is 0.449 e. The molecule has 1 aromatic carbocycles. The van der Waals surface area contributed by atoms with E-state index in [4.69, 9.17) is 8.83 Å². The number of furan rings is 2. The van der Waals surface area contributed by atoms with Gasteiger partial charge in [-0.1, -0.05) is 30.3 Å². The van der Waals surface area contributed by atoms with E-state index in [1.54, 1.807) is 0 Å². The second-order valence-electron chi connectivity index (χ2n) is 3.83. The fraction of sp³-hybridized carbons (Fsp3) is 0.